The van der Waals surface area contributed by atoms with Crippen LogP contribution in [-0.4, -0.2) is 48.2 Å². The van der Waals surface area contributed by atoms with E-state index in [2.05, 4.69) is 5.32 Å². The number of ketones is 1. The number of ether oxygens (including phenoxy) is 1. The molecule has 1 N–H and O–H groups in total. The number of para-hydroxylation sites is 1. The number of nitrogens with zero attached hydrogens (tertiary/aromatic N) is 2. The van der Waals surface area contributed by atoms with Crippen LogP contribution in [0.4, 0.5) is 10.5 Å². The summed E-state index contributed by atoms with van der Waals surface area (Å²) >= 11 is 0. The molecule has 0 aromatic heterocycles. The van der Waals surface area contributed by atoms with Crippen LogP contribution in [0.2, 0.25) is 0 Å². The number of carbonyl (C=O) groups is 4. The Kier molecular flexibility index (Phi) is 4.50. The predicted molar refractivity (Wildman–Crippen MR) is 111 cm³/mol. The SMILES string of the molecule is O=C(CN1C(=O)N[C@]2(CCOc3ccccc32)C1=O)c1cccc(N2CCCC2=O)c1. The normalized spacial score (nSPS) is 22.5. The van der Waals surface area contributed by atoms with Gasteiger partial charge < -0.3 is 15.0 Å². The van der Waals surface area contributed by atoms with E-state index >= 15 is 0 Å². The lowest BCUT2D eigenvalue weighted by Crippen LogP contribution is -2.47. The van der Waals surface area contributed by atoms with E-state index in [9.17, 15) is 19.2 Å². The summed E-state index contributed by atoms with van der Waals surface area (Å²) in [5.41, 5.74) is 0.395. The number of rotatable bonds is 4. The van der Waals surface area contributed by atoms with Crippen molar-refractivity contribution in [2.75, 3.05) is 24.6 Å². The van der Waals surface area contributed by atoms with Crippen molar-refractivity contribution in [3.05, 3.63) is 59.7 Å². The van der Waals surface area contributed by atoms with E-state index in [1.807, 2.05) is 0 Å². The number of imide groups is 1. The predicted octanol–water partition coefficient (Wildman–Crippen LogP) is 2.23. The molecule has 0 unspecified atom stereocenters. The van der Waals surface area contributed by atoms with E-state index in [0.29, 0.717) is 42.0 Å². The molecule has 4 amide bonds. The van der Waals surface area contributed by atoms with Gasteiger partial charge in [0.05, 0.1) is 13.2 Å². The molecule has 2 aromatic rings. The van der Waals surface area contributed by atoms with E-state index in [4.69, 9.17) is 4.74 Å². The Morgan fingerprint density at radius 2 is 1.94 bits per heavy atom. The Balaban J connectivity index is 1.39. The summed E-state index contributed by atoms with van der Waals surface area (Å²) in [6, 6.07) is 13.3. The molecule has 1 atom stereocenters. The number of carbonyl (C=O) groups excluding carboxylic acids is 4. The van der Waals surface area contributed by atoms with Crippen LogP contribution in [0.3, 0.4) is 0 Å². The number of anilines is 1. The first-order chi connectivity index (χ1) is 15.0. The van der Waals surface area contributed by atoms with Gasteiger partial charge in [0.2, 0.25) is 5.91 Å². The Bertz CT molecular complexity index is 1110. The number of Topliss-reactive ketones (excluding diaryl/α,β-unsaturated/α-hetero) is 1. The summed E-state index contributed by atoms with van der Waals surface area (Å²) in [4.78, 5) is 53.6. The summed E-state index contributed by atoms with van der Waals surface area (Å²) in [5, 5.41) is 2.80. The maximum absolute atomic E-state index is 13.3. The molecular formula is C23H21N3O5. The molecule has 3 aliphatic heterocycles. The Morgan fingerprint density at radius 3 is 2.74 bits per heavy atom. The molecule has 3 heterocycles. The van der Waals surface area contributed by atoms with Gasteiger partial charge in [0.15, 0.2) is 11.3 Å². The molecule has 2 saturated heterocycles. The summed E-state index contributed by atoms with van der Waals surface area (Å²) < 4.78 is 5.63. The largest absolute Gasteiger partial charge is 0.493 e. The summed E-state index contributed by atoms with van der Waals surface area (Å²) in [6.07, 6.45) is 1.58. The van der Waals surface area contributed by atoms with Crippen molar-refractivity contribution in [1.29, 1.82) is 0 Å². The quantitative estimate of drug-likeness (QED) is 0.606. The zero-order valence-electron chi connectivity index (χ0n) is 16.8. The highest BCUT2D eigenvalue weighted by atomic mass is 16.5. The zero-order chi connectivity index (χ0) is 21.6. The molecule has 8 nitrogen and oxygen atoms in total. The van der Waals surface area contributed by atoms with Gasteiger partial charge in [0.25, 0.3) is 5.91 Å². The van der Waals surface area contributed by atoms with Crippen LogP contribution in [0.15, 0.2) is 48.5 Å². The first-order valence-electron chi connectivity index (χ1n) is 10.3. The second-order valence-electron chi connectivity index (χ2n) is 7.94. The van der Waals surface area contributed by atoms with Crippen molar-refractivity contribution in [1.82, 2.24) is 10.2 Å². The molecule has 2 fully saturated rings. The van der Waals surface area contributed by atoms with E-state index < -0.39 is 17.5 Å². The van der Waals surface area contributed by atoms with Crippen molar-refractivity contribution in [3.63, 3.8) is 0 Å². The van der Waals surface area contributed by atoms with Gasteiger partial charge in [-0.15, -0.1) is 0 Å². The Hall–Kier alpha value is -3.68. The van der Waals surface area contributed by atoms with Gasteiger partial charge in [0, 0.05) is 36.2 Å². The van der Waals surface area contributed by atoms with Crippen LogP contribution >= 0.6 is 0 Å². The molecule has 3 aliphatic rings. The third kappa shape index (κ3) is 3.06. The molecule has 0 saturated carbocycles. The van der Waals surface area contributed by atoms with Gasteiger partial charge in [-0.3, -0.25) is 19.3 Å². The Morgan fingerprint density at radius 1 is 1.10 bits per heavy atom. The number of benzene rings is 2. The molecule has 1 spiro atoms. The van der Waals surface area contributed by atoms with E-state index in [1.165, 1.54) is 0 Å². The van der Waals surface area contributed by atoms with Gasteiger partial charge in [-0.25, -0.2) is 4.79 Å². The summed E-state index contributed by atoms with van der Waals surface area (Å²) in [7, 11) is 0. The number of fused-ring (bicyclic) bond motifs is 2. The molecule has 0 bridgehead atoms. The fourth-order valence-corrected chi connectivity index (χ4v) is 4.52. The maximum Gasteiger partial charge on any atom is 0.325 e. The summed E-state index contributed by atoms with van der Waals surface area (Å²) in [6.45, 7) is 0.539. The van der Waals surface area contributed by atoms with Gasteiger partial charge in [-0.1, -0.05) is 30.3 Å². The molecule has 31 heavy (non-hydrogen) atoms. The molecule has 8 heteroatoms. The van der Waals surface area contributed by atoms with Crippen molar-refractivity contribution in [2.24, 2.45) is 0 Å². The number of amides is 4. The fraction of sp³-hybridized carbons (Fsp3) is 0.304. The van der Waals surface area contributed by atoms with E-state index in [-0.39, 0.29) is 24.8 Å². The van der Waals surface area contributed by atoms with E-state index in [1.54, 1.807) is 53.4 Å². The Labute approximate surface area is 178 Å². The average molecular weight is 419 g/mol. The van der Waals surface area contributed by atoms with Crippen molar-refractivity contribution < 1.29 is 23.9 Å². The maximum atomic E-state index is 13.3. The molecule has 0 radical (unpaired) electrons. The second kappa shape index (κ2) is 7.23. The average Bonchev–Trinajstić information content (AvgIpc) is 3.31. The van der Waals surface area contributed by atoms with Crippen LogP contribution < -0.4 is 15.0 Å². The first-order valence-corrected chi connectivity index (χ1v) is 10.3. The third-order valence-electron chi connectivity index (χ3n) is 6.11. The number of urea groups is 1. The zero-order valence-corrected chi connectivity index (χ0v) is 16.8. The highest BCUT2D eigenvalue weighted by Gasteiger charge is 2.55. The number of nitrogens with one attached hydrogen (secondary N) is 1. The minimum absolute atomic E-state index is 0.0267. The standard InChI is InChI=1S/C23H21N3O5/c27-18(15-5-3-6-16(13-15)25-11-4-9-20(25)28)14-26-21(29)23(24-22(26)30)10-12-31-19-8-2-1-7-17(19)23/h1-3,5-8,13H,4,9-12,14H2,(H,24,30)/t23-/m0/s1. The molecule has 2 aromatic carbocycles. The summed E-state index contributed by atoms with van der Waals surface area (Å²) in [5.74, 6) is -0.237. The first kappa shape index (κ1) is 19.3. The van der Waals surface area contributed by atoms with Gasteiger partial charge in [-0.2, -0.15) is 0 Å². The minimum atomic E-state index is -1.21. The van der Waals surface area contributed by atoms with Crippen LogP contribution in [0, 0.1) is 0 Å². The fourth-order valence-electron chi connectivity index (χ4n) is 4.52. The van der Waals surface area contributed by atoms with Crippen LogP contribution in [-0.2, 0) is 15.1 Å². The lowest BCUT2D eigenvalue weighted by atomic mass is 9.84. The van der Waals surface area contributed by atoms with E-state index in [0.717, 1.165) is 11.3 Å². The van der Waals surface area contributed by atoms with Crippen molar-refractivity contribution >= 4 is 29.3 Å². The number of hydrogen-bond acceptors (Lipinski definition) is 5. The molecular weight excluding hydrogens is 398 g/mol. The third-order valence-corrected chi connectivity index (χ3v) is 6.11. The lowest BCUT2D eigenvalue weighted by molar-refractivity contribution is -0.132. The lowest BCUT2D eigenvalue weighted by Gasteiger charge is -2.33. The van der Waals surface area contributed by atoms with Gasteiger partial charge in [-0.05, 0) is 24.6 Å². The molecule has 158 valence electrons. The topological polar surface area (TPSA) is 96.0 Å². The highest BCUT2D eigenvalue weighted by molar-refractivity contribution is 6.12. The van der Waals surface area contributed by atoms with Crippen LogP contribution in [0.25, 0.3) is 0 Å². The van der Waals surface area contributed by atoms with Crippen molar-refractivity contribution in [2.45, 2.75) is 24.8 Å². The monoisotopic (exact) mass is 419 g/mol. The highest BCUT2D eigenvalue weighted by Crippen LogP contribution is 2.41. The van der Waals surface area contributed by atoms with Crippen LogP contribution in [0.1, 0.15) is 35.2 Å². The molecule has 0 aliphatic carbocycles. The van der Waals surface area contributed by atoms with Crippen LogP contribution in [0.5, 0.6) is 5.75 Å². The minimum Gasteiger partial charge on any atom is -0.493 e. The van der Waals surface area contributed by atoms with Gasteiger partial charge in [0.1, 0.15) is 5.75 Å². The molecule has 5 rings (SSSR count). The smallest absolute Gasteiger partial charge is 0.325 e. The second-order valence-corrected chi connectivity index (χ2v) is 7.94. The van der Waals surface area contributed by atoms with Crippen molar-refractivity contribution in [3.8, 4) is 5.75 Å². The number of hydrogen-bond donors (Lipinski definition) is 1. The van der Waals surface area contributed by atoms with Gasteiger partial charge >= 0.3 is 6.03 Å².